The average Bonchev–Trinajstić information content (AvgIpc) is 3.10. The highest BCUT2D eigenvalue weighted by atomic mass is 19.1. The second kappa shape index (κ2) is 7.97. The van der Waals surface area contributed by atoms with Crippen LogP contribution in [0, 0.1) is 17.7 Å². The number of carbonyl (C=O) groups excluding carboxylic acids is 1. The fourth-order valence-corrected chi connectivity index (χ4v) is 4.75. The van der Waals surface area contributed by atoms with Gasteiger partial charge in [0.25, 0.3) is 0 Å². The van der Waals surface area contributed by atoms with Gasteiger partial charge in [-0.15, -0.1) is 0 Å². The summed E-state index contributed by atoms with van der Waals surface area (Å²) >= 11 is 0. The largest absolute Gasteiger partial charge is 0.369 e. The smallest absolute Gasteiger partial charge is 0.220 e. The van der Waals surface area contributed by atoms with Gasteiger partial charge in [-0.25, -0.2) is 4.39 Å². The number of fused-ring (bicyclic) bond motifs is 1. The Hall–Kier alpha value is -1.95. The van der Waals surface area contributed by atoms with Crippen LogP contribution in [0.1, 0.15) is 56.6 Å². The standard InChI is InChI=1S/C21H28FN3O2/c22-17-5-6-19-18(13-17)20(24-27-19)15-8-11-25(12-9-15)10-7-14-1-3-16(4-2-14)21(23)26/h5-6,13-16H,1-4,7-12H2,(H2,23,26)/t14-,16-. The third-order valence-electron chi connectivity index (χ3n) is 6.54. The maximum absolute atomic E-state index is 13.6. The molecule has 27 heavy (non-hydrogen) atoms. The van der Waals surface area contributed by atoms with Crippen LogP contribution in [0.5, 0.6) is 0 Å². The summed E-state index contributed by atoms with van der Waals surface area (Å²) in [5.41, 5.74) is 7.00. The van der Waals surface area contributed by atoms with E-state index in [1.165, 1.54) is 18.6 Å². The first kappa shape index (κ1) is 18.4. The summed E-state index contributed by atoms with van der Waals surface area (Å²) < 4.78 is 18.9. The number of hydrogen-bond acceptors (Lipinski definition) is 4. The molecule has 0 unspecified atom stereocenters. The number of halogens is 1. The molecule has 1 aliphatic heterocycles. The molecule has 2 heterocycles. The van der Waals surface area contributed by atoms with Crippen LogP contribution >= 0.6 is 0 Å². The predicted molar refractivity (Wildman–Crippen MR) is 102 cm³/mol. The fraction of sp³-hybridized carbons (Fsp3) is 0.619. The van der Waals surface area contributed by atoms with Crippen molar-refractivity contribution in [3.05, 3.63) is 29.7 Å². The van der Waals surface area contributed by atoms with Crippen molar-refractivity contribution < 1.29 is 13.7 Å². The first-order valence-electron chi connectivity index (χ1n) is 10.2. The third-order valence-corrected chi connectivity index (χ3v) is 6.54. The molecule has 146 valence electrons. The molecular formula is C21H28FN3O2. The molecule has 6 heteroatoms. The Morgan fingerprint density at radius 3 is 2.63 bits per heavy atom. The van der Waals surface area contributed by atoms with Crippen LogP contribution in [0.25, 0.3) is 11.0 Å². The number of primary amides is 1. The number of piperidine rings is 1. The van der Waals surface area contributed by atoms with Crippen LogP contribution in [0.15, 0.2) is 22.7 Å². The molecule has 2 aliphatic rings. The third kappa shape index (κ3) is 4.15. The minimum absolute atomic E-state index is 0.0964. The number of carbonyl (C=O) groups is 1. The van der Waals surface area contributed by atoms with Gasteiger partial charge in [-0.2, -0.15) is 0 Å². The van der Waals surface area contributed by atoms with E-state index in [4.69, 9.17) is 10.3 Å². The zero-order chi connectivity index (χ0) is 18.8. The zero-order valence-electron chi connectivity index (χ0n) is 15.7. The summed E-state index contributed by atoms with van der Waals surface area (Å²) in [6, 6.07) is 4.61. The van der Waals surface area contributed by atoms with Crippen molar-refractivity contribution in [3.8, 4) is 0 Å². The molecule has 2 N–H and O–H groups in total. The van der Waals surface area contributed by atoms with Crippen LogP contribution in [0.4, 0.5) is 4.39 Å². The van der Waals surface area contributed by atoms with E-state index < -0.39 is 0 Å². The van der Waals surface area contributed by atoms with E-state index in [0.717, 1.165) is 75.2 Å². The number of benzene rings is 1. The first-order chi connectivity index (χ1) is 13.1. The number of likely N-dealkylation sites (tertiary alicyclic amines) is 1. The van der Waals surface area contributed by atoms with Crippen LogP contribution in [0.2, 0.25) is 0 Å². The van der Waals surface area contributed by atoms with Crippen LogP contribution in [-0.2, 0) is 4.79 Å². The topological polar surface area (TPSA) is 72.4 Å². The zero-order valence-corrected chi connectivity index (χ0v) is 15.7. The molecule has 2 aromatic rings. The Kier molecular flexibility index (Phi) is 5.43. The molecular weight excluding hydrogens is 345 g/mol. The van der Waals surface area contributed by atoms with Crippen molar-refractivity contribution >= 4 is 16.9 Å². The maximum atomic E-state index is 13.6. The molecule has 0 atom stereocenters. The van der Waals surface area contributed by atoms with Crippen molar-refractivity contribution in [2.45, 2.75) is 50.9 Å². The van der Waals surface area contributed by atoms with Gasteiger partial charge in [0, 0.05) is 17.2 Å². The number of nitrogens with zero attached hydrogens (tertiary/aromatic N) is 2. The summed E-state index contributed by atoms with van der Waals surface area (Å²) in [7, 11) is 0. The summed E-state index contributed by atoms with van der Waals surface area (Å²) in [5.74, 6) is 0.793. The van der Waals surface area contributed by atoms with Gasteiger partial charge in [0.05, 0.1) is 5.69 Å². The van der Waals surface area contributed by atoms with Gasteiger partial charge in [0.15, 0.2) is 5.58 Å². The van der Waals surface area contributed by atoms with E-state index in [-0.39, 0.29) is 17.6 Å². The van der Waals surface area contributed by atoms with Crippen molar-refractivity contribution in [1.29, 1.82) is 0 Å². The van der Waals surface area contributed by atoms with E-state index in [0.29, 0.717) is 11.5 Å². The molecule has 2 fully saturated rings. The van der Waals surface area contributed by atoms with Crippen LogP contribution in [0.3, 0.4) is 0 Å². The van der Waals surface area contributed by atoms with E-state index >= 15 is 0 Å². The minimum atomic E-state index is -0.240. The van der Waals surface area contributed by atoms with E-state index in [1.54, 1.807) is 6.07 Å². The monoisotopic (exact) mass is 373 g/mol. The molecule has 1 saturated carbocycles. The maximum Gasteiger partial charge on any atom is 0.220 e. The Labute approximate surface area is 159 Å². The quantitative estimate of drug-likeness (QED) is 0.865. The highest BCUT2D eigenvalue weighted by molar-refractivity contribution is 5.80. The van der Waals surface area contributed by atoms with Crippen LogP contribution in [-0.4, -0.2) is 35.6 Å². The SMILES string of the molecule is NC(=O)[C@H]1CC[C@H](CCN2CCC(c3noc4ccc(F)cc34)CC2)CC1. The van der Waals surface area contributed by atoms with Gasteiger partial charge in [0.2, 0.25) is 5.91 Å². The molecule has 0 bridgehead atoms. The lowest BCUT2D eigenvalue weighted by Gasteiger charge is -2.33. The first-order valence-corrected chi connectivity index (χ1v) is 10.2. The summed E-state index contributed by atoms with van der Waals surface area (Å²) in [4.78, 5) is 13.8. The molecule has 1 aromatic heterocycles. The van der Waals surface area contributed by atoms with Gasteiger partial charge < -0.3 is 15.2 Å². The molecule has 1 aromatic carbocycles. The van der Waals surface area contributed by atoms with Crippen molar-refractivity contribution in [3.63, 3.8) is 0 Å². The minimum Gasteiger partial charge on any atom is -0.369 e. The van der Waals surface area contributed by atoms with Gasteiger partial charge >= 0.3 is 0 Å². The lowest BCUT2D eigenvalue weighted by Crippen LogP contribution is -2.35. The van der Waals surface area contributed by atoms with Gasteiger partial charge in [-0.1, -0.05) is 5.16 Å². The highest BCUT2D eigenvalue weighted by Gasteiger charge is 2.27. The van der Waals surface area contributed by atoms with Gasteiger partial charge in [0.1, 0.15) is 5.82 Å². The van der Waals surface area contributed by atoms with Gasteiger partial charge in [-0.3, -0.25) is 4.79 Å². The molecule has 5 nitrogen and oxygen atoms in total. The second-order valence-electron chi connectivity index (χ2n) is 8.23. The molecule has 0 spiro atoms. The molecule has 1 saturated heterocycles. The van der Waals surface area contributed by atoms with Crippen molar-refractivity contribution in [2.75, 3.05) is 19.6 Å². The Morgan fingerprint density at radius 1 is 1.19 bits per heavy atom. The normalized spacial score (nSPS) is 25.1. The van der Waals surface area contributed by atoms with Gasteiger partial charge in [-0.05, 0) is 88.7 Å². The number of nitrogens with two attached hydrogens (primary N) is 1. The molecule has 1 aliphatic carbocycles. The number of amides is 1. The van der Waals surface area contributed by atoms with Crippen molar-refractivity contribution in [1.82, 2.24) is 10.1 Å². The molecule has 1 amide bonds. The lowest BCUT2D eigenvalue weighted by molar-refractivity contribution is -0.123. The second-order valence-corrected chi connectivity index (χ2v) is 8.23. The average molecular weight is 373 g/mol. The highest BCUT2D eigenvalue weighted by Crippen LogP contribution is 2.34. The Morgan fingerprint density at radius 2 is 1.93 bits per heavy atom. The van der Waals surface area contributed by atoms with E-state index in [1.807, 2.05) is 0 Å². The van der Waals surface area contributed by atoms with E-state index in [2.05, 4.69) is 10.1 Å². The van der Waals surface area contributed by atoms with E-state index in [9.17, 15) is 9.18 Å². The van der Waals surface area contributed by atoms with Crippen LogP contribution < -0.4 is 5.73 Å². The number of rotatable bonds is 5. The summed E-state index contributed by atoms with van der Waals surface area (Å²) in [5, 5.41) is 5.05. The lowest BCUT2D eigenvalue weighted by atomic mass is 9.80. The Balaban J connectivity index is 1.26. The fourth-order valence-electron chi connectivity index (χ4n) is 4.75. The number of aromatic nitrogens is 1. The Bertz CT molecular complexity index is 790. The summed E-state index contributed by atoms with van der Waals surface area (Å²) in [6.45, 7) is 3.21. The molecule has 0 radical (unpaired) electrons. The van der Waals surface area contributed by atoms with Crippen molar-refractivity contribution in [2.24, 2.45) is 17.6 Å². The molecule has 4 rings (SSSR count). The summed E-state index contributed by atoms with van der Waals surface area (Å²) in [6.07, 6.45) is 7.43. The predicted octanol–water partition coefficient (Wildman–Crippen LogP) is 3.83. The number of hydrogen-bond donors (Lipinski definition) is 1.